The van der Waals surface area contributed by atoms with E-state index in [1.54, 1.807) is 0 Å². The zero-order valence-electron chi connectivity index (χ0n) is 13.6. The van der Waals surface area contributed by atoms with Gasteiger partial charge >= 0.3 is 0 Å². The number of hydrogen-bond donors (Lipinski definition) is 2. The van der Waals surface area contributed by atoms with Crippen molar-refractivity contribution in [2.75, 3.05) is 0 Å². The number of aromatic amines is 2. The van der Waals surface area contributed by atoms with Crippen molar-refractivity contribution in [2.24, 2.45) is 0 Å². The van der Waals surface area contributed by atoms with Gasteiger partial charge in [-0.3, -0.25) is 0 Å². The van der Waals surface area contributed by atoms with Crippen LogP contribution in [0.15, 0.2) is 48.5 Å². The number of rotatable bonds is 0. The Morgan fingerprint density at radius 2 is 0.769 bits per heavy atom. The molecule has 5 heterocycles. The van der Waals surface area contributed by atoms with Crippen molar-refractivity contribution in [1.82, 2.24) is 19.9 Å². The summed E-state index contributed by atoms with van der Waals surface area (Å²) in [5.41, 5.74) is 7.86. The standard InChI is InChI=1S/C20H14N4.Ni.V/c1-2-14-10-16-5-6-18(23-16)12-20-8-7-19(24-20)11-17-4-3-15(22-17)9-13(1)21-14;;/h1-12,21,24H;;. The van der Waals surface area contributed by atoms with Crippen molar-refractivity contribution in [3.05, 3.63) is 71.3 Å². The summed E-state index contributed by atoms with van der Waals surface area (Å²) in [6.07, 6.45) is 8.09. The van der Waals surface area contributed by atoms with Crippen LogP contribution in [0.25, 0.3) is 46.4 Å². The zero-order chi connectivity index (χ0) is 15.9. The molecule has 0 saturated carbocycles. The van der Waals surface area contributed by atoms with Crippen molar-refractivity contribution in [3.8, 4) is 0 Å². The average molecular weight is 420 g/mol. The molecule has 0 aromatic carbocycles. The Bertz CT molecular complexity index is 996. The second-order valence-electron chi connectivity index (χ2n) is 5.91. The van der Waals surface area contributed by atoms with Gasteiger partial charge in [-0.2, -0.15) is 0 Å². The summed E-state index contributed by atoms with van der Waals surface area (Å²) in [5, 5.41) is 0. The number of fused-ring (bicyclic) bond motifs is 8. The maximum absolute atomic E-state index is 4.63. The van der Waals surface area contributed by atoms with Crippen molar-refractivity contribution in [2.45, 2.75) is 0 Å². The fraction of sp³-hybridized carbons (Fsp3) is 0. The van der Waals surface area contributed by atoms with E-state index in [2.05, 4.69) is 44.2 Å². The molecule has 2 aliphatic heterocycles. The quantitative estimate of drug-likeness (QED) is 0.359. The fourth-order valence-electron chi connectivity index (χ4n) is 2.94. The van der Waals surface area contributed by atoms with E-state index in [1.165, 1.54) is 0 Å². The minimum Gasteiger partial charge on any atom is -0.355 e. The predicted octanol–water partition coefficient (Wildman–Crippen LogP) is 4.65. The number of nitrogens with zero attached hydrogens (tertiary/aromatic N) is 2. The van der Waals surface area contributed by atoms with E-state index >= 15 is 0 Å². The second-order valence-corrected chi connectivity index (χ2v) is 5.91. The van der Waals surface area contributed by atoms with E-state index in [0.29, 0.717) is 0 Å². The summed E-state index contributed by atoms with van der Waals surface area (Å²) in [6, 6.07) is 16.4. The second kappa shape index (κ2) is 7.51. The summed E-state index contributed by atoms with van der Waals surface area (Å²) in [6.45, 7) is 0. The molecule has 1 radical (unpaired) electrons. The molecular weight excluding hydrogens is 406 g/mol. The molecule has 0 aliphatic carbocycles. The topological polar surface area (TPSA) is 57.4 Å². The molecule has 8 bridgehead atoms. The molecule has 6 heteroatoms. The van der Waals surface area contributed by atoms with Crippen LogP contribution in [-0.4, -0.2) is 19.9 Å². The smallest absolute Gasteiger partial charge is 0.0658 e. The Labute approximate surface area is 172 Å². The first kappa shape index (κ1) is 18.5. The van der Waals surface area contributed by atoms with Crippen LogP contribution in [0, 0.1) is 0 Å². The molecule has 0 spiro atoms. The van der Waals surface area contributed by atoms with Gasteiger partial charge in [-0.25, -0.2) is 9.97 Å². The largest absolute Gasteiger partial charge is 0.355 e. The molecule has 5 rings (SSSR count). The van der Waals surface area contributed by atoms with Crippen molar-refractivity contribution in [1.29, 1.82) is 0 Å². The SMILES string of the molecule is C1=Cc2cc3ccc(cc4nc(cc5ccc(cc1n2)[nH]5)C=C4)[nH]3.[Ni].[V]. The third-order valence-corrected chi connectivity index (χ3v) is 4.04. The summed E-state index contributed by atoms with van der Waals surface area (Å²) < 4.78 is 0. The molecule has 26 heavy (non-hydrogen) atoms. The van der Waals surface area contributed by atoms with Gasteiger partial charge in [0, 0.05) is 57.1 Å². The molecule has 0 saturated heterocycles. The van der Waals surface area contributed by atoms with Gasteiger partial charge < -0.3 is 9.97 Å². The maximum atomic E-state index is 4.63. The van der Waals surface area contributed by atoms with Crippen molar-refractivity contribution < 1.29 is 35.0 Å². The number of hydrogen-bond acceptors (Lipinski definition) is 2. The molecule has 0 amide bonds. The zero-order valence-corrected chi connectivity index (χ0v) is 16.0. The van der Waals surface area contributed by atoms with Gasteiger partial charge in [0.15, 0.2) is 0 Å². The molecule has 2 aliphatic rings. The molecule has 0 fully saturated rings. The van der Waals surface area contributed by atoms with Crippen LogP contribution in [0.1, 0.15) is 22.8 Å². The van der Waals surface area contributed by atoms with Gasteiger partial charge in [-0.05, 0) is 72.8 Å². The van der Waals surface area contributed by atoms with Crippen LogP contribution in [0.4, 0.5) is 0 Å². The number of nitrogens with one attached hydrogen (secondary N) is 2. The minimum absolute atomic E-state index is 0. The predicted molar refractivity (Wildman–Crippen MR) is 98.9 cm³/mol. The monoisotopic (exact) mass is 419 g/mol. The van der Waals surface area contributed by atoms with Crippen LogP contribution >= 0.6 is 0 Å². The first-order valence-electron chi connectivity index (χ1n) is 7.85. The Balaban J connectivity index is 0.000000980. The van der Waals surface area contributed by atoms with Crippen LogP contribution < -0.4 is 0 Å². The van der Waals surface area contributed by atoms with Crippen LogP contribution in [0.5, 0.6) is 0 Å². The molecule has 0 atom stereocenters. The Morgan fingerprint density at radius 3 is 1.04 bits per heavy atom. The summed E-state index contributed by atoms with van der Waals surface area (Å²) in [7, 11) is 0. The first-order valence-corrected chi connectivity index (χ1v) is 7.85. The van der Waals surface area contributed by atoms with E-state index in [0.717, 1.165) is 44.8 Å². The van der Waals surface area contributed by atoms with Crippen molar-refractivity contribution in [3.63, 3.8) is 0 Å². The Morgan fingerprint density at radius 1 is 0.500 bits per heavy atom. The van der Waals surface area contributed by atoms with E-state index < -0.39 is 0 Å². The van der Waals surface area contributed by atoms with E-state index in [-0.39, 0.29) is 35.0 Å². The molecule has 0 unspecified atom stereocenters. The van der Waals surface area contributed by atoms with Crippen molar-refractivity contribution >= 4 is 46.4 Å². The van der Waals surface area contributed by atoms with Gasteiger partial charge in [-0.1, -0.05) is 0 Å². The van der Waals surface area contributed by atoms with Crippen LogP contribution in [0.2, 0.25) is 0 Å². The van der Waals surface area contributed by atoms with E-state index in [1.807, 2.05) is 48.6 Å². The Hall–Kier alpha value is -2.32. The van der Waals surface area contributed by atoms with Crippen LogP contribution in [0.3, 0.4) is 0 Å². The summed E-state index contributed by atoms with van der Waals surface area (Å²) in [4.78, 5) is 16.0. The Kier molecular flexibility index (Phi) is 5.33. The maximum Gasteiger partial charge on any atom is 0.0658 e. The molecule has 3 aromatic heterocycles. The van der Waals surface area contributed by atoms with E-state index in [4.69, 9.17) is 0 Å². The minimum atomic E-state index is 0. The van der Waals surface area contributed by atoms with E-state index in [9.17, 15) is 0 Å². The van der Waals surface area contributed by atoms with Crippen LogP contribution in [-0.2, 0) is 35.0 Å². The third-order valence-electron chi connectivity index (χ3n) is 4.04. The van der Waals surface area contributed by atoms with Gasteiger partial charge in [-0.15, -0.1) is 0 Å². The third kappa shape index (κ3) is 3.76. The normalized spacial score (nSPS) is 11.7. The number of H-pyrrole nitrogens is 2. The van der Waals surface area contributed by atoms with Gasteiger partial charge in [0.2, 0.25) is 0 Å². The van der Waals surface area contributed by atoms with Gasteiger partial charge in [0.25, 0.3) is 0 Å². The fourth-order valence-corrected chi connectivity index (χ4v) is 2.94. The first-order chi connectivity index (χ1) is 11.8. The van der Waals surface area contributed by atoms with Gasteiger partial charge in [0.1, 0.15) is 0 Å². The average Bonchev–Trinajstić information content (AvgIpc) is 3.32. The van der Waals surface area contributed by atoms with Gasteiger partial charge in [0.05, 0.1) is 22.8 Å². The summed E-state index contributed by atoms with van der Waals surface area (Å²) in [5.74, 6) is 0. The summed E-state index contributed by atoms with van der Waals surface area (Å²) >= 11 is 0. The molecule has 4 nitrogen and oxygen atoms in total. The molecular formula is C20H14N4NiV. The molecule has 2 N–H and O–H groups in total. The molecule has 129 valence electrons. The molecule has 3 aromatic rings. The number of aromatic nitrogens is 4.